The fourth-order valence-electron chi connectivity index (χ4n) is 2.59. The molecule has 1 aliphatic heterocycles. The lowest BCUT2D eigenvalue weighted by atomic mass is 9.99. The second-order valence-electron chi connectivity index (χ2n) is 5.14. The Balaban J connectivity index is 2.12. The summed E-state index contributed by atoms with van der Waals surface area (Å²) in [7, 11) is 0. The Hall–Kier alpha value is -1.51. The molecule has 1 heterocycles. The van der Waals surface area contributed by atoms with E-state index >= 15 is 0 Å². The standard InChI is InChI=1S/C15H21NO2/c1-3-7-16-8-6-13-10-12(4-5-14(13)16)9-11(2)15(17)18/h4-5,10-11H,3,6-9H2,1-2H3,(H,17,18). The maximum absolute atomic E-state index is 10.9. The van der Waals surface area contributed by atoms with Gasteiger partial charge >= 0.3 is 5.97 Å². The molecule has 0 saturated heterocycles. The molecule has 98 valence electrons. The fourth-order valence-corrected chi connectivity index (χ4v) is 2.59. The topological polar surface area (TPSA) is 40.5 Å². The Morgan fingerprint density at radius 1 is 1.50 bits per heavy atom. The largest absolute Gasteiger partial charge is 0.481 e. The summed E-state index contributed by atoms with van der Waals surface area (Å²) in [6, 6.07) is 6.42. The molecule has 3 heteroatoms. The monoisotopic (exact) mass is 247 g/mol. The molecule has 0 saturated carbocycles. The minimum absolute atomic E-state index is 0.309. The first-order chi connectivity index (χ1) is 8.61. The first kappa shape index (κ1) is 12.9. The zero-order chi connectivity index (χ0) is 13.1. The summed E-state index contributed by atoms with van der Waals surface area (Å²) in [6.07, 6.45) is 2.87. The molecule has 0 radical (unpaired) electrons. The average Bonchev–Trinajstić information content (AvgIpc) is 2.72. The smallest absolute Gasteiger partial charge is 0.306 e. The van der Waals surface area contributed by atoms with E-state index in [9.17, 15) is 4.79 Å². The molecule has 0 fully saturated rings. The molecule has 0 spiro atoms. The summed E-state index contributed by atoms with van der Waals surface area (Å²) >= 11 is 0. The summed E-state index contributed by atoms with van der Waals surface area (Å²) in [6.45, 7) is 6.17. The van der Waals surface area contributed by atoms with Crippen molar-refractivity contribution in [1.82, 2.24) is 0 Å². The van der Waals surface area contributed by atoms with Gasteiger partial charge in [-0.3, -0.25) is 4.79 Å². The Morgan fingerprint density at radius 3 is 2.94 bits per heavy atom. The van der Waals surface area contributed by atoms with Crippen molar-refractivity contribution >= 4 is 11.7 Å². The highest BCUT2D eigenvalue weighted by molar-refractivity contribution is 5.70. The number of fused-ring (bicyclic) bond motifs is 1. The van der Waals surface area contributed by atoms with Crippen LogP contribution in [0.4, 0.5) is 5.69 Å². The maximum Gasteiger partial charge on any atom is 0.306 e. The van der Waals surface area contributed by atoms with Crippen LogP contribution < -0.4 is 4.90 Å². The molecule has 3 nitrogen and oxygen atoms in total. The lowest BCUT2D eigenvalue weighted by Crippen LogP contribution is -2.20. The normalized spacial score (nSPS) is 15.6. The number of benzene rings is 1. The molecular weight excluding hydrogens is 226 g/mol. The lowest BCUT2D eigenvalue weighted by Gasteiger charge is -2.18. The van der Waals surface area contributed by atoms with Crippen LogP contribution in [-0.2, 0) is 17.6 Å². The van der Waals surface area contributed by atoms with Gasteiger partial charge in [0.1, 0.15) is 0 Å². The first-order valence-corrected chi connectivity index (χ1v) is 6.71. The number of rotatable bonds is 5. The lowest BCUT2D eigenvalue weighted by molar-refractivity contribution is -0.141. The van der Waals surface area contributed by atoms with Gasteiger partial charge in [-0.1, -0.05) is 26.0 Å². The number of hydrogen-bond acceptors (Lipinski definition) is 2. The van der Waals surface area contributed by atoms with Gasteiger partial charge in [0.15, 0.2) is 0 Å². The molecule has 0 aliphatic carbocycles. The number of carboxylic acid groups (broad SMARTS) is 1. The molecule has 1 atom stereocenters. The van der Waals surface area contributed by atoms with Gasteiger partial charge in [-0.2, -0.15) is 0 Å². The van der Waals surface area contributed by atoms with Gasteiger partial charge in [-0.15, -0.1) is 0 Å². The Kier molecular flexibility index (Phi) is 3.90. The third-order valence-corrected chi connectivity index (χ3v) is 3.59. The van der Waals surface area contributed by atoms with Crippen LogP contribution >= 0.6 is 0 Å². The van der Waals surface area contributed by atoms with Crippen LogP contribution in [-0.4, -0.2) is 24.2 Å². The highest BCUT2D eigenvalue weighted by Crippen LogP contribution is 2.29. The van der Waals surface area contributed by atoms with Crippen molar-refractivity contribution in [3.8, 4) is 0 Å². The van der Waals surface area contributed by atoms with Crippen LogP contribution in [0.2, 0.25) is 0 Å². The van der Waals surface area contributed by atoms with Crippen molar-refractivity contribution in [1.29, 1.82) is 0 Å². The number of nitrogens with zero attached hydrogens (tertiary/aromatic N) is 1. The Labute approximate surface area is 108 Å². The van der Waals surface area contributed by atoms with E-state index < -0.39 is 5.97 Å². The van der Waals surface area contributed by atoms with Gasteiger partial charge in [-0.05, 0) is 36.5 Å². The molecule has 18 heavy (non-hydrogen) atoms. The fraction of sp³-hybridized carbons (Fsp3) is 0.533. The van der Waals surface area contributed by atoms with Crippen LogP contribution in [0, 0.1) is 5.92 Å². The van der Waals surface area contributed by atoms with Crippen LogP contribution in [0.25, 0.3) is 0 Å². The number of aliphatic carboxylic acids is 1. The van der Waals surface area contributed by atoms with Crippen LogP contribution in [0.3, 0.4) is 0 Å². The minimum Gasteiger partial charge on any atom is -0.481 e. The Bertz CT molecular complexity index is 442. The minimum atomic E-state index is -0.719. The van der Waals surface area contributed by atoms with Crippen molar-refractivity contribution in [2.24, 2.45) is 5.92 Å². The third-order valence-electron chi connectivity index (χ3n) is 3.59. The molecule has 2 rings (SSSR count). The summed E-state index contributed by atoms with van der Waals surface area (Å²) in [5, 5.41) is 8.94. The van der Waals surface area contributed by atoms with Gasteiger partial charge < -0.3 is 10.0 Å². The zero-order valence-electron chi connectivity index (χ0n) is 11.1. The third kappa shape index (κ3) is 2.66. The molecular formula is C15H21NO2. The first-order valence-electron chi connectivity index (χ1n) is 6.71. The van der Waals surface area contributed by atoms with Crippen LogP contribution in [0.5, 0.6) is 0 Å². The summed E-state index contributed by atoms with van der Waals surface area (Å²) in [4.78, 5) is 13.3. The number of hydrogen-bond donors (Lipinski definition) is 1. The van der Waals surface area contributed by atoms with Crippen LogP contribution in [0.1, 0.15) is 31.4 Å². The number of carbonyl (C=O) groups is 1. The molecule has 0 aromatic heterocycles. The summed E-state index contributed by atoms with van der Waals surface area (Å²) in [5.41, 5.74) is 3.85. The molecule has 0 amide bonds. The van der Waals surface area contributed by atoms with E-state index in [4.69, 9.17) is 5.11 Å². The quantitative estimate of drug-likeness (QED) is 0.869. The molecule has 1 aromatic carbocycles. The second-order valence-corrected chi connectivity index (χ2v) is 5.14. The van der Waals surface area contributed by atoms with Crippen LogP contribution in [0.15, 0.2) is 18.2 Å². The van der Waals surface area contributed by atoms with Gasteiger partial charge in [0, 0.05) is 18.8 Å². The predicted octanol–water partition coefficient (Wildman–Crippen LogP) is 2.72. The molecule has 1 aliphatic rings. The van der Waals surface area contributed by atoms with Gasteiger partial charge in [0.25, 0.3) is 0 Å². The highest BCUT2D eigenvalue weighted by atomic mass is 16.4. The van der Waals surface area contributed by atoms with Crippen molar-refractivity contribution in [3.63, 3.8) is 0 Å². The van der Waals surface area contributed by atoms with E-state index in [0.29, 0.717) is 6.42 Å². The highest BCUT2D eigenvalue weighted by Gasteiger charge is 2.19. The predicted molar refractivity (Wildman–Crippen MR) is 73.2 cm³/mol. The van der Waals surface area contributed by atoms with Gasteiger partial charge in [0.05, 0.1) is 5.92 Å². The number of carboxylic acids is 1. The van der Waals surface area contributed by atoms with Gasteiger partial charge in [0.2, 0.25) is 0 Å². The van der Waals surface area contributed by atoms with Crippen molar-refractivity contribution in [2.45, 2.75) is 33.1 Å². The van der Waals surface area contributed by atoms with Crippen molar-refractivity contribution in [3.05, 3.63) is 29.3 Å². The average molecular weight is 247 g/mol. The summed E-state index contributed by atoms with van der Waals surface area (Å²) < 4.78 is 0. The SMILES string of the molecule is CCCN1CCc2cc(CC(C)C(=O)O)ccc21. The molecule has 0 bridgehead atoms. The van der Waals surface area contributed by atoms with E-state index in [2.05, 4.69) is 30.0 Å². The van der Waals surface area contributed by atoms with Crippen molar-refractivity contribution < 1.29 is 9.90 Å². The zero-order valence-corrected chi connectivity index (χ0v) is 11.1. The van der Waals surface area contributed by atoms with E-state index in [1.54, 1.807) is 6.92 Å². The molecule has 1 unspecified atom stereocenters. The van der Waals surface area contributed by atoms with Crippen molar-refractivity contribution in [2.75, 3.05) is 18.0 Å². The van der Waals surface area contributed by atoms with Gasteiger partial charge in [-0.25, -0.2) is 0 Å². The molecule has 1 aromatic rings. The Morgan fingerprint density at radius 2 is 2.28 bits per heavy atom. The summed E-state index contributed by atoms with van der Waals surface area (Å²) in [5.74, 6) is -1.03. The maximum atomic E-state index is 10.9. The van der Waals surface area contributed by atoms with E-state index in [-0.39, 0.29) is 5.92 Å². The van der Waals surface area contributed by atoms with E-state index in [0.717, 1.165) is 31.5 Å². The number of anilines is 1. The second kappa shape index (κ2) is 5.42. The molecule has 1 N–H and O–H groups in total. The van der Waals surface area contributed by atoms with E-state index in [1.807, 2.05) is 0 Å². The van der Waals surface area contributed by atoms with E-state index in [1.165, 1.54) is 11.3 Å².